The molecule has 1 fully saturated rings. The minimum atomic E-state index is -0.568. The van der Waals surface area contributed by atoms with Gasteiger partial charge in [0.05, 0.1) is 17.6 Å². The normalized spacial score (nSPS) is 20.2. The van der Waals surface area contributed by atoms with E-state index in [9.17, 15) is 10.1 Å². The molecule has 0 aliphatic carbocycles. The summed E-state index contributed by atoms with van der Waals surface area (Å²) in [6.45, 7) is 3.41. The molecule has 0 spiro atoms. The molecule has 106 valence electrons. The van der Waals surface area contributed by atoms with Crippen LogP contribution in [0.5, 0.6) is 0 Å². The number of morpholine rings is 1. The quantitative estimate of drug-likeness (QED) is 0.628. The number of aromatic nitrogens is 1. The van der Waals surface area contributed by atoms with Crippen LogP contribution in [-0.4, -0.2) is 41.7 Å². The zero-order valence-corrected chi connectivity index (χ0v) is 11.0. The SMILES string of the molecule is CC(N)C1CN(c2ncc([N+](=O)[O-])cc2C#N)CCO1. The third-order valence-electron chi connectivity index (χ3n) is 3.16. The first-order valence-electron chi connectivity index (χ1n) is 6.19. The lowest BCUT2D eigenvalue weighted by Gasteiger charge is -2.35. The Kier molecular flexibility index (Phi) is 4.12. The topological polar surface area (TPSA) is 118 Å². The van der Waals surface area contributed by atoms with E-state index < -0.39 is 4.92 Å². The summed E-state index contributed by atoms with van der Waals surface area (Å²) in [5, 5.41) is 19.8. The van der Waals surface area contributed by atoms with Gasteiger partial charge >= 0.3 is 0 Å². The third kappa shape index (κ3) is 2.84. The van der Waals surface area contributed by atoms with Crippen molar-refractivity contribution in [2.75, 3.05) is 24.6 Å². The van der Waals surface area contributed by atoms with Gasteiger partial charge in [-0.15, -0.1) is 0 Å². The number of nitro groups is 1. The van der Waals surface area contributed by atoms with Gasteiger partial charge in [-0.3, -0.25) is 10.1 Å². The number of nitrogens with zero attached hydrogens (tertiary/aromatic N) is 4. The van der Waals surface area contributed by atoms with Gasteiger partial charge in [0.15, 0.2) is 0 Å². The Hall–Kier alpha value is -2.24. The van der Waals surface area contributed by atoms with E-state index in [1.54, 1.807) is 0 Å². The van der Waals surface area contributed by atoms with Gasteiger partial charge in [-0.05, 0) is 6.92 Å². The second-order valence-electron chi connectivity index (χ2n) is 4.65. The van der Waals surface area contributed by atoms with Crippen LogP contribution in [0.15, 0.2) is 12.3 Å². The fourth-order valence-electron chi connectivity index (χ4n) is 2.07. The minimum absolute atomic E-state index is 0.138. The maximum atomic E-state index is 10.7. The number of nitrogens with two attached hydrogens (primary N) is 1. The second kappa shape index (κ2) is 5.81. The summed E-state index contributed by atoms with van der Waals surface area (Å²) >= 11 is 0. The minimum Gasteiger partial charge on any atom is -0.373 e. The van der Waals surface area contributed by atoms with E-state index in [1.165, 1.54) is 6.07 Å². The molecule has 1 saturated heterocycles. The predicted molar refractivity (Wildman–Crippen MR) is 71.2 cm³/mol. The number of anilines is 1. The number of pyridine rings is 1. The largest absolute Gasteiger partial charge is 0.373 e. The molecule has 0 amide bonds. The van der Waals surface area contributed by atoms with Gasteiger partial charge in [-0.25, -0.2) is 4.98 Å². The van der Waals surface area contributed by atoms with Gasteiger partial charge in [0.1, 0.15) is 23.6 Å². The van der Waals surface area contributed by atoms with Crippen molar-refractivity contribution in [3.63, 3.8) is 0 Å². The van der Waals surface area contributed by atoms with Crippen molar-refractivity contribution in [1.29, 1.82) is 5.26 Å². The van der Waals surface area contributed by atoms with E-state index in [2.05, 4.69) is 4.98 Å². The van der Waals surface area contributed by atoms with Crippen molar-refractivity contribution in [1.82, 2.24) is 4.98 Å². The van der Waals surface area contributed by atoms with Gasteiger partial charge < -0.3 is 15.4 Å². The van der Waals surface area contributed by atoms with Crippen LogP contribution in [-0.2, 0) is 4.74 Å². The summed E-state index contributed by atoms with van der Waals surface area (Å²) in [5.41, 5.74) is 5.81. The molecular weight excluding hydrogens is 262 g/mol. The lowest BCUT2D eigenvalue weighted by atomic mass is 10.1. The molecule has 1 aliphatic heterocycles. The Morgan fingerprint density at radius 2 is 2.50 bits per heavy atom. The Labute approximate surface area is 115 Å². The van der Waals surface area contributed by atoms with Crippen molar-refractivity contribution in [3.05, 3.63) is 27.9 Å². The van der Waals surface area contributed by atoms with E-state index >= 15 is 0 Å². The molecule has 1 aromatic rings. The average molecular weight is 277 g/mol. The molecule has 2 atom stereocenters. The first-order valence-corrected chi connectivity index (χ1v) is 6.19. The molecule has 0 aromatic carbocycles. The van der Waals surface area contributed by atoms with Gasteiger partial charge in [-0.1, -0.05) is 0 Å². The van der Waals surface area contributed by atoms with E-state index in [0.717, 1.165) is 6.20 Å². The monoisotopic (exact) mass is 277 g/mol. The summed E-state index contributed by atoms with van der Waals surface area (Å²) in [4.78, 5) is 16.1. The Morgan fingerprint density at radius 1 is 1.75 bits per heavy atom. The highest BCUT2D eigenvalue weighted by molar-refractivity contribution is 5.57. The Balaban J connectivity index is 2.28. The molecule has 8 nitrogen and oxygen atoms in total. The van der Waals surface area contributed by atoms with Crippen LogP contribution in [0.3, 0.4) is 0 Å². The van der Waals surface area contributed by atoms with Gasteiger partial charge in [0.25, 0.3) is 5.69 Å². The first kappa shape index (κ1) is 14.2. The van der Waals surface area contributed by atoms with Crippen LogP contribution >= 0.6 is 0 Å². The van der Waals surface area contributed by atoms with E-state index in [0.29, 0.717) is 25.5 Å². The number of hydrogen-bond donors (Lipinski definition) is 1. The summed E-state index contributed by atoms with van der Waals surface area (Å²) in [6.07, 6.45) is 1.01. The zero-order chi connectivity index (χ0) is 14.7. The van der Waals surface area contributed by atoms with Crippen LogP contribution < -0.4 is 10.6 Å². The molecular formula is C12H15N5O3. The van der Waals surface area contributed by atoms with Gasteiger partial charge in [0.2, 0.25) is 0 Å². The highest BCUT2D eigenvalue weighted by Crippen LogP contribution is 2.23. The fourth-order valence-corrected chi connectivity index (χ4v) is 2.07. The smallest absolute Gasteiger partial charge is 0.289 e. The molecule has 8 heteroatoms. The van der Waals surface area contributed by atoms with Crippen molar-refractivity contribution in [2.45, 2.75) is 19.1 Å². The van der Waals surface area contributed by atoms with E-state index in [-0.39, 0.29) is 23.4 Å². The molecule has 2 N–H and O–H groups in total. The standard InChI is InChI=1S/C12H15N5O3/c1-8(14)11-7-16(2-3-20-11)12-9(5-13)4-10(6-15-12)17(18)19/h4,6,8,11H,2-3,7,14H2,1H3. The molecule has 2 heterocycles. The van der Waals surface area contributed by atoms with Crippen molar-refractivity contribution in [3.8, 4) is 6.07 Å². The zero-order valence-electron chi connectivity index (χ0n) is 11.0. The van der Waals surface area contributed by atoms with Crippen LogP contribution in [0.1, 0.15) is 12.5 Å². The van der Waals surface area contributed by atoms with Crippen LogP contribution in [0.25, 0.3) is 0 Å². The highest BCUT2D eigenvalue weighted by Gasteiger charge is 2.26. The fraction of sp³-hybridized carbons (Fsp3) is 0.500. The second-order valence-corrected chi connectivity index (χ2v) is 4.65. The maximum absolute atomic E-state index is 10.7. The molecule has 0 saturated carbocycles. The summed E-state index contributed by atoms with van der Waals surface area (Å²) < 4.78 is 5.54. The Bertz CT molecular complexity index is 555. The predicted octanol–water partition coefficient (Wildman–Crippen LogP) is 0.414. The molecule has 2 rings (SSSR count). The summed E-state index contributed by atoms with van der Waals surface area (Å²) in [6, 6.07) is 3.05. The lowest BCUT2D eigenvalue weighted by Crippen LogP contribution is -2.50. The lowest BCUT2D eigenvalue weighted by molar-refractivity contribution is -0.385. The van der Waals surface area contributed by atoms with Gasteiger partial charge in [-0.2, -0.15) is 5.26 Å². The summed E-state index contributed by atoms with van der Waals surface area (Å²) in [7, 11) is 0. The van der Waals surface area contributed by atoms with Crippen LogP contribution in [0.4, 0.5) is 11.5 Å². The molecule has 0 radical (unpaired) electrons. The summed E-state index contributed by atoms with van der Waals surface area (Å²) in [5.74, 6) is 0.437. The van der Waals surface area contributed by atoms with Crippen molar-refractivity contribution < 1.29 is 9.66 Å². The van der Waals surface area contributed by atoms with E-state index in [4.69, 9.17) is 15.7 Å². The molecule has 20 heavy (non-hydrogen) atoms. The highest BCUT2D eigenvalue weighted by atomic mass is 16.6. The van der Waals surface area contributed by atoms with Crippen LogP contribution in [0, 0.1) is 21.4 Å². The van der Waals surface area contributed by atoms with E-state index in [1.807, 2.05) is 17.9 Å². The van der Waals surface area contributed by atoms with Crippen LogP contribution in [0.2, 0.25) is 0 Å². The maximum Gasteiger partial charge on any atom is 0.289 e. The van der Waals surface area contributed by atoms with Crippen molar-refractivity contribution in [2.24, 2.45) is 5.73 Å². The average Bonchev–Trinajstić information content (AvgIpc) is 2.46. The Morgan fingerprint density at radius 3 is 3.10 bits per heavy atom. The molecule has 0 bridgehead atoms. The molecule has 1 aliphatic rings. The first-order chi connectivity index (χ1) is 9.52. The number of hydrogen-bond acceptors (Lipinski definition) is 7. The van der Waals surface area contributed by atoms with Gasteiger partial charge in [0, 0.05) is 25.2 Å². The number of rotatable bonds is 3. The number of nitriles is 1. The third-order valence-corrected chi connectivity index (χ3v) is 3.16. The molecule has 2 unspecified atom stereocenters. The van der Waals surface area contributed by atoms with Crippen molar-refractivity contribution >= 4 is 11.5 Å². The molecule has 1 aromatic heterocycles. The number of ether oxygens (including phenoxy) is 1.